The van der Waals surface area contributed by atoms with Gasteiger partial charge in [-0.25, -0.2) is 0 Å². The highest BCUT2D eigenvalue weighted by Crippen LogP contribution is 2.28. The van der Waals surface area contributed by atoms with Crippen LogP contribution in [-0.2, 0) is 6.54 Å². The maximum atomic E-state index is 12.1. The summed E-state index contributed by atoms with van der Waals surface area (Å²) in [4.78, 5) is 16.4. The van der Waals surface area contributed by atoms with E-state index in [0.717, 1.165) is 30.4 Å². The fourth-order valence-corrected chi connectivity index (χ4v) is 3.47. The quantitative estimate of drug-likeness (QED) is 0.213. The number of rotatable bonds is 9. The first-order valence-corrected chi connectivity index (χ1v) is 10.0. The average Bonchev–Trinajstić information content (AvgIpc) is 3.19. The third-order valence-electron chi connectivity index (χ3n) is 4.96. The van der Waals surface area contributed by atoms with Gasteiger partial charge in [0.1, 0.15) is 0 Å². The number of carbonyl (C=O) groups is 1. The topological polar surface area (TPSA) is 65.5 Å². The molecule has 0 heterocycles. The van der Waals surface area contributed by atoms with Gasteiger partial charge in [0.05, 0.1) is 0 Å². The zero-order valence-electron chi connectivity index (χ0n) is 16.7. The Hall–Kier alpha value is -1.31. The summed E-state index contributed by atoms with van der Waals surface area (Å²) in [5.74, 6) is 1.74. The van der Waals surface area contributed by atoms with Crippen molar-refractivity contribution in [3.8, 4) is 0 Å². The molecule has 1 amide bonds. The third-order valence-corrected chi connectivity index (χ3v) is 4.96. The number of guanidine groups is 1. The minimum atomic E-state index is -0.0110. The highest BCUT2D eigenvalue weighted by atomic mass is 127. The second-order valence-corrected chi connectivity index (χ2v) is 7.10. The number of halogens is 1. The number of aliphatic imine (C=N–C) groups is 1. The molecule has 1 fully saturated rings. The van der Waals surface area contributed by atoms with Crippen LogP contribution in [0.1, 0.15) is 67.8 Å². The largest absolute Gasteiger partial charge is 0.356 e. The smallest absolute Gasteiger partial charge is 0.251 e. The van der Waals surface area contributed by atoms with E-state index in [2.05, 4.69) is 20.9 Å². The molecule has 6 heteroatoms. The van der Waals surface area contributed by atoms with E-state index in [1.54, 1.807) is 7.05 Å². The van der Waals surface area contributed by atoms with Gasteiger partial charge in [-0.1, -0.05) is 44.7 Å². The minimum Gasteiger partial charge on any atom is -0.356 e. The van der Waals surface area contributed by atoms with Gasteiger partial charge in [0, 0.05) is 32.2 Å². The Morgan fingerprint density at radius 2 is 1.93 bits per heavy atom. The molecule has 0 saturated heterocycles. The molecule has 0 spiro atoms. The van der Waals surface area contributed by atoms with E-state index >= 15 is 0 Å². The summed E-state index contributed by atoms with van der Waals surface area (Å²) in [6.07, 6.45) is 9.10. The predicted octanol–water partition coefficient (Wildman–Crippen LogP) is 4.08. The van der Waals surface area contributed by atoms with Crippen molar-refractivity contribution in [3.63, 3.8) is 0 Å². The van der Waals surface area contributed by atoms with Crippen LogP contribution in [0.2, 0.25) is 0 Å². The maximum Gasteiger partial charge on any atom is 0.251 e. The van der Waals surface area contributed by atoms with Crippen LogP contribution in [0, 0.1) is 5.92 Å². The maximum absolute atomic E-state index is 12.1. The summed E-state index contributed by atoms with van der Waals surface area (Å²) in [7, 11) is 1.79. The summed E-state index contributed by atoms with van der Waals surface area (Å²) < 4.78 is 0. The van der Waals surface area contributed by atoms with Gasteiger partial charge in [0.2, 0.25) is 0 Å². The Morgan fingerprint density at radius 3 is 2.63 bits per heavy atom. The normalized spacial score (nSPS) is 14.5. The zero-order chi connectivity index (χ0) is 18.6. The number of hydrogen-bond acceptors (Lipinski definition) is 2. The zero-order valence-corrected chi connectivity index (χ0v) is 19.1. The molecule has 5 nitrogen and oxygen atoms in total. The van der Waals surface area contributed by atoms with E-state index in [-0.39, 0.29) is 29.9 Å². The molecule has 27 heavy (non-hydrogen) atoms. The molecule has 0 atom stereocenters. The second-order valence-electron chi connectivity index (χ2n) is 7.10. The first-order valence-electron chi connectivity index (χ1n) is 10.0. The molecule has 1 aliphatic carbocycles. The van der Waals surface area contributed by atoms with Crippen molar-refractivity contribution in [2.45, 2.75) is 58.4 Å². The van der Waals surface area contributed by atoms with Gasteiger partial charge in [-0.3, -0.25) is 9.79 Å². The van der Waals surface area contributed by atoms with E-state index < -0.39 is 0 Å². The molecule has 0 bridgehead atoms. The minimum absolute atomic E-state index is 0. The standard InChI is InChI=1S/C21H34N4O.HI/c1-3-13-23-20(26)19-12-6-10-18(15-19)16-25-21(22-2)24-14-7-11-17-8-4-5-9-17;/h6,10,12,15,17H,3-5,7-9,11,13-14,16H2,1-2H3,(H,23,26)(H2,22,24,25);1H. The molecular formula is C21H35IN4O. The van der Waals surface area contributed by atoms with Crippen LogP contribution in [0.25, 0.3) is 0 Å². The molecule has 1 aromatic rings. The van der Waals surface area contributed by atoms with E-state index in [0.29, 0.717) is 18.7 Å². The van der Waals surface area contributed by atoms with E-state index in [1.807, 2.05) is 31.2 Å². The predicted molar refractivity (Wildman–Crippen MR) is 124 cm³/mol. The van der Waals surface area contributed by atoms with E-state index in [4.69, 9.17) is 0 Å². The summed E-state index contributed by atoms with van der Waals surface area (Å²) in [5.41, 5.74) is 1.78. The molecule has 1 aromatic carbocycles. The van der Waals surface area contributed by atoms with Gasteiger partial charge in [-0.2, -0.15) is 0 Å². The molecule has 2 rings (SSSR count). The first-order chi connectivity index (χ1) is 12.7. The Kier molecular flexibility index (Phi) is 12.1. The van der Waals surface area contributed by atoms with Crippen molar-refractivity contribution in [1.29, 1.82) is 0 Å². The molecule has 0 aromatic heterocycles. The summed E-state index contributed by atoms with van der Waals surface area (Å²) >= 11 is 0. The monoisotopic (exact) mass is 486 g/mol. The summed E-state index contributed by atoms with van der Waals surface area (Å²) in [6.45, 7) is 4.36. The number of nitrogens with zero attached hydrogens (tertiary/aromatic N) is 1. The lowest BCUT2D eigenvalue weighted by Crippen LogP contribution is -2.37. The van der Waals surface area contributed by atoms with Gasteiger partial charge >= 0.3 is 0 Å². The molecule has 0 unspecified atom stereocenters. The van der Waals surface area contributed by atoms with Crippen LogP contribution in [0.15, 0.2) is 29.3 Å². The third kappa shape index (κ3) is 8.95. The lowest BCUT2D eigenvalue weighted by atomic mass is 10.0. The Morgan fingerprint density at radius 1 is 1.15 bits per heavy atom. The second kappa shape index (κ2) is 13.8. The highest BCUT2D eigenvalue weighted by Gasteiger charge is 2.14. The molecular weight excluding hydrogens is 451 g/mol. The molecule has 152 valence electrons. The van der Waals surface area contributed by atoms with Crippen molar-refractivity contribution in [2.75, 3.05) is 20.1 Å². The summed E-state index contributed by atoms with van der Waals surface area (Å²) in [6, 6.07) is 7.74. The van der Waals surface area contributed by atoms with Crippen molar-refractivity contribution < 1.29 is 4.79 Å². The van der Waals surface area contributed by atoms with Crippen LogP contribution in [0.5, 0.6) is 0 Å². The number of amides is 1. The molecule has 0 aliphatic heterocycles. The van der Waals surface area contributed by atoms with Crippen molar-refractivity contribution in [3.05, 3.63) is 35.4 Å². The lowest BCUT2D eigenvalue weighted by Gasteiger charge is -2.14. The highest BCUT2D eigenvalue weighted by molar-refractivity contribution is 14.0. The van der Waals surface area contributed by atoms with Crippen LogP contribution < -0.4 is 16.0 Å². The van der Waals surface area contributed by atoms with Crippen LogP contribution in [-0.4, -0.2) is 32.0 Å². The fraction of sp³-hybridized carbons (Fsp3) is 0.619. The number of hydrogen-bond donors (Lipinski definition) is 3. The van der Waals surface area contributed by atoms with Crippen molar-refractivity contribution >= 4 is 35.8 Å². The van der Waals surface area contributed by atoms with Gasteiger partial charge < -0.3 is 16.0 Å². The van der Waals surface area contributed by atoms with Gasteiger partial charge in [0.15, 0.2) is 5.96 Å². The van der Waals surface area contributed by atoms with Crippen LogP contribution in [0.3, 0.4) is 0 Å². The molecule has 0 radical (unpaired) electrons. The fourth-order valence-electron chi connectivity index (χ4n) is 3.47. The molecule has 1 saturated carbocycles. The number of carbonyl (C=O) groups excluding carboxylic acids is 1. The van der Waals surface area contributed by atoms with Gasteiger partial charge in [-0.05, 0) is 42.9 Å². The van der Waals surface area contributed by atoms with Gasteiger partial charge in [-0.15, -0.1) is 24.0 Å². The average molecular weight is 486 g/mol. The van der Waals surface area contributed by atoms with E-state index in [1.165, 1.54) is 38.5 Å². The van der Waals surface area contributed by atoms with Crippen LogP contribution >= 0.6 is 24.0 Å². The molecule has 3 N–H and O–H groups in total. The van der Waals surface area contributed by atoms with Gasteiger partial charge in [0.25, 0.3) is 5.91 Å². The number of nitrogens with one attached hydrogen (secondary N) is 3. The molecule has 1 aliphatic rings. The lowest BCUT2D eigenvalue weighted by molar-refractivity contribution is 0.0953. The Bertz CT molecular complexity index is 585. The number of benzene rings is 1. The van der Waals surface area contributed by atoms with E-state index in [9.17, 15) is 4.79 Å². The first kappa shape index (κ1) is 23.7. The summed E-state index contributed by atoms with van der Waals surface area (Å²) in [5, 5.41) is 9.63. The Balaban J connectivity index is 0.00000364. The van der Waals surface area contributed by atoms with Crippen LogP contribution in [0.4, 0.5) is 0 Å². The SMILES string of the molecule is CCCNC(=O)c1cccc(CNC(=NC)NCCCC2CCCC2)c1.I. The van der Waals surface area contributed by atoms with Crippen molar-refractivity contribution in [1.82, 2.24) is 16.0 Å². The Labute approximate surface area is 181 Å². The van der Waals surface area contributed by atoms with Crippen molar-refractivity contribution in [2.24, 2.45) is 10.9 Å².